The van der Waals surface area contributed by atoms with Gasteiger partial charge in [0.15, 0.2) is 0 Å². The predicted molar refractivity (Wildman–Crippen MR) is 175 cm³/mol. The summed E-state index contributed by atoms with van der Waals surface area (Å²) in [6, 6.07) is -2.06. The van der Waals surface area contributed by atoms with E-state index in [0.29, 0.717) is 25.0 Å². The van der Waals surface area contributed by atoms with E-state index in [0.717, 1.165) is 38.6 Å². The quantitative estimate of drug-likeness (QED) is 0.272. The van der Waals surface area contributed by atoms with Crippen LogP contribution < -0.4 is 10.6 Å². The number of piperidine rings is 1. The summed E-state index contributed by atoms with van der Waals surface area (Å²) in [4.78, 5) is 59.9. The van der Waals surface area contributed by atoms with Gasteiger partial charge in [0.2, 0.25) is 23.6 Å². The number of hydrogen-bond acceptors (Lipinski definition) is 6. The molecule has 0 radical (unpaired) electrons. The molecule has 2 aliphatic heterocycles. The SMILES string of the molecule is CCC[C@@H](CO)NC(=O)[C@@H]1CCCN1C(=O)/C(C)=C/[C@H](C(C)C)N(C)C(=O)[C@@H](NC(=O)[C@H]1CCCCN1C(C)C)C(C)(C)C. The molecule has 2 rings (SSSR count). The van der Waals surface area contributed by atoms with Gasteiger partial charge in [-0.15, -0.1) is 0 Å². The molecule has 0 aromatic heterocycles. The molecule has 0 spiro atoms. The van der Waals surface area contributed by atoms with Crippen LogP contribution in [0.25, 0.3) is 0 Å². The highest BCUT2D eigenvalue weighted by molar-refractivity contribution is 5.97. The number of carbonyl (C=O) groups is 4. The van der Waals surface area contributed by atoms with Crippen molar-refractivity contribution < 1.29 is 24.3 Å². The molecule has 0 unspecified atom stereocenters. The minimum atomic E-state index is -0.740. The van der Waals surface area contributed by atoms with E-state index in [1.807, 2.05) is 47.6 Å². The third-order valence-corrected chi connectivity index (χ3v) is 9.17. The Kier molecular flexibility index (Phi) is 14.3. The fourth-order valence-corrected chi connectivity index (χ4v) is 6.53. The first-order chi connectivity index (χ1) is 20.5. The molecule has 10 heteroatoms. The Morgan fingerprint density at radius 2 is 1.57 bits per heavy atom. The lowest BCUT2D eigenvalue weighted by Gasteiger charge is -2.41. The van der Waals surface area contributed by atoms with Gasteiger partial charge in [-0.05, 0) is 70.8 Å². The molecule has 2 heterocycles. The highest BCUT2D eigenvalue weighted by Crippen LogP contribution is 2.27. The molecule has 0 aromatic carbocycles. The zero-order valence-corrected chi connectivity index (χ0v) is 29.1. The van der Waals surface area contributed by atoms with Crippen molar-refractivity contribution in [3.05, 3.63) is 11.6 Å². The summed E-state index contributed by atoms with van der Waals surface area (Å²) < 4.78 is 0. The minimum Gasteiger partial charge on any atom is -0.394 e. The summed E-state index contributed by atoms with van der Waals surface area (Å²) >= 11 is 0. The van der Waals surface area contributed by atoms with E-state index in [1.54, 1.807) is 23.8 Å². The normalized spacial score (nSPS) is 22.1. The van der Waals surface area contributed by atoms with Crippen LogP contribution in [0.3, 0.4) is 0 Å². The van der Waals surface area contributed by atoms with Crippen LogP contribution in [0.4, 0.5) is 0 Å². The molecule has 5 atom stereocenters. The van der Waals surface area contributed by atoms with Gasteiger partial charge in [0.1, 0.15) is 12.1 Å². The molecule has 0 bridgehead atoms. The van der Waals surface area contributed by atoms with E-state index >= 15 is 0 Å². The molecular formula is C34H61N5O5. The highest BCUT2D eigenvalue weighted by atomic mass is 16.3. The Morgan fingerprint density at radius 1 is 0.955 bits per heavy atom. The van der Waals surface area contributed by atoms with Crippen molar-refractivity contribution in [3.63, 3.8) is 0 Å². The molecule has 3 N–H and O–H groups in total. The largest absolute Gasteiger partial charge is 0.394 e. The van der Waals surface area contributed by atoms with Gasteiger partial charge in [0.25, 0.3) is 0 Å². The second-order valence-corrected chi connectivity index (χ2v) is 14.5. The molecule has 0 aromatic rings. The number of carbonyl (C=O) groups excluding carboxylic acids is 4. The maximum absolute atomic E-state index is 14.1. The number of amides is 4. The van der Waals surface area contributed by atoms with Crippen molar-refractivity contribution in [2.45, 2.75) is 144 Å². The number of aliphatic hydroxyl groups is 1. The van der Waals surface area contributed by atoms with Gasteiger partial charge in [-0.25, -0.2) is 0 Å². The van der Waals surface area contributed by atoms with Gasteiger partial charge in [-0.3, -0.25) is 24.1 Å². The van der Waals surface area contributed by atoms with Crippen molar-refractivity contribution in [1.29, 1.82) is 0 Å². The molecule has 252 valence electrons. The second-order valence-electron chi connectivity index (χ2n) is 14.5. The molecule has 4 amide bonds. The maximum Gasteiger partial charge on any atom is 0.249 e. The Bertz CT molecular complexity index is 1020. The highest BCUT2D eigenvalue weighted by Gasteiger charge is 2.40. The summed E-state index contributed by atoms with van der Waals surface area (Å²) in [5.41, 5.74) is -0.0594. The molecule has 0 saturated carbocycles. The topological polar surface area (TPSA) is 122 Å². The van der Waals surface area contributed by atoms with Crippen LogP contribution >= 0.6 is 0 Å². The Balaban J connectivity index is 2.25. The van der Waals surface area contributed by atoms with Crippen molar-refractivity contribution >= 4 is 23.6 Å². The number of hydrogen-bond donors (Lipinski definition) is 3. The summed E-state index contributed by atoms with van der Waals surface area (Å²) in [6.07, 6.45) is 7.46. The van der Waals surface area contributed by atoms with E-state index in [-0.39, 0.29) is 54.3 Å². The van der Waals surface area contributed by atoms with Gasteiger partial charge >= 0.3 is 0 Å². The van der Waals surface area contributed by atoms with Crippen LogP contribution in [0.5, 0.6) is 0 Å². The molecule has 44 heavy (non-hydrogen) atoms. The molecule has 0 aliphatic carbocycles. The van der Waals surface area contributed by atoms with Crippen LogP contribution in [-0.2, 0) is 19.2 Å². The smallest absolute Gasteiger partial charge is 0.249 e. The lowest BCUT2D eigenvalue weighted by Crippen LogP contribution is -2.60. The third kappa shape index (κ3) is 9.77. The van der Waals surface area contributed by atoms with E-state index < -0.39 is 23.5 Å². The van der Waals surface area contributed by atoms with Crippen LogP contribution in [0.1, 0.15) is 107 Å². The van der Waals surface area contributed by atoms with Crippen molar-refractivity contribution in [2.75, 3.05) is 26.7 Å². The first kappa shape index (κ1) is 37.7. The fourth-order valence-electron chi connectivity index (χ4n) is 6.53. The van der Waals surface area contributed by atoms with Gasteiger partial charge in [0, 0.05) is 25.2 Å². The van der Waals surface area contributed by atoms with Crippen LogP contribution in [0, 0.1) is 11.3 Å². The number of nitrogens with zero attached hydrogens (tertiary/aromatic N) is 3. The van der Waals surface area contributed by atoms with Crippen molar-refractivity contribution in [1.82, 2.24) is 25.3 Å². The van der Waals surface area contributed by atoms with Gasteiger partial charge < -0.3 is 25.5 Å². The first-order valence-electron chi connectivity index (χ1n) is 16.8. The zero-order chi connectivity index (χ0) is 33.4. The number of likely N-dealkylation sites (tertiary alicyclic amines) is 2. The Labute approximate surface area is 266 Å². The molecule has 2 aliphatic rings. The second kappa shape index (κ2) is 16.7. The monoisotopic (exact) mass is 619 g/mol. The fraction of sp³-hybridized carbons (Fsp3) is 0.824. The summed E-state index contributed by atoms with van der Waals surface area (Å²) in [6.45, 7) is 19.0. The molecule has 2 fully saturated rings. The third-order valence-electron chi connectivity index (χ3n) is 9.17. The Morgan fingerprint density at radius 3 is 2.11 bits per heavy atom. The van der Waals surface area contributed by atoms with Crippen LogP contribution in [-0.4, -0.2) is 106 Å². The van der Waals surface area contributed by atoms with Crippen LogP contribution in [0.15, 0.2) is 11.6 Å². The zero-order valence-electron chi connectivity index (χ0n) is 29.1. The van der Waals surface area contributed by atoms with Gasteiger partial charge in [-0.1, -0.05) is 60.5 Å². The average Bonchev–Trinajstić information content (AvgIpc) is 3.46. The molecule has 2 saturated heterocycles. The lowest BCUT2D eigenvalue weighted by molar-refractivity contribution is -0.142. The number of likely N-dealkylation sites (N-methyl/N-ethyl adjacent to an activating group) is 1. The summed E-state index contributed by atoms with van der Waals surface area (Å²) in [5, 5.41) is 15.7. The summed E-state index contributed by atoms with van der Waals surface area (Å²) in [5.74, 6) is -0.769. The van der Waals surface area contributed by atoms with E-state index in [9.17, 15) is 24.3 Å². The van der Waals surface area contributed by atoms with Crippen molar-refractivity contribution in [2.24, 2.45) is 11.3 Å². The average molecular weight is 620 g/mol. The van der Waals surface area contributed by atoms with E-state index in [2.05, 4.69) is 29.4 Å². The van der Waals surface area contributed by atoms with Crippen LogP contribution in [0.2, 0.25) is 0 Å². The predicted octanol–water partition coefficient (Wildman–Crippen LogP) is 3.48. The van der Waals surface area contributed by atoms with Gasteiger partial charge in [0.05, 0.1) is 24.7 Å². The minimum absolute atomic E-state index is 0.00479. The van der Waals surface area contributed by atoms with E-state index in [1.165, 1.54) is 0 Å². The first-order valence-corrected chi connectivity index (χ1v) is 16.8. The number of rotatable bonds is 13. The molecule has 10 nitrogen and oxygen atoms in total. The van der Waals surface area contributed by atoms with E-state index in [4.69, 9.17) is 0 Å². The summed E-state index contributed by atoms with van der Waals surface area (Å²) in [7, 11) is 1.74. The molecular weight excluding hydrogens is 558 g/mol. The standard InChI is InChI=1S/C34H61N5O5/c1-11-15-25(21-40)35-30(41)27-17-14-19-39(27)32(43)24(6)20-28(22(2)3)37(10)33(44)29(34(7,8)9)36-31(42)26-16-12-13-18-38(26)23(4)5/h20,22-23,25-29,40H,11-19,21H2,1-10H3,(H,35,41)(H,36,42)/b24-20+/t25-,26+,27-,28+,29+/m0/s1. The number of aliphatic hydroxyl groups excluding tert-OH is 1. The van der Waals surface area contributed by atoms with Crippen molar-refractivity contribution in [3.8, 4) is 0 Å². The lowest BCUT2D eigenvalue weighted by atomic mass is 9.84. The van der Waals surface area contributed by atoms with Gasteiger partial charge in [-0.2, -0.15) is 0 Å². The Hall–Kier alpha value is -2.46. The maximum atomic E-state index is 14.1. The number of nitrogens with one attached hydrogen (secondary N) is 2.